The summed E-state index contributed by atoms with van der Waals surface area (Å²) in [6.45, 7) is 5.89. The van der Waals surface area contributed by atoms with Gasteiger partial charge in [0.25, 0.3) is 0 Å². The van der Waals surface area contributed by atoms with E-state index in [4.69, 9.17) is 0 Å². The monoisotopic (exact) mass is 190 g/mol. The lowest BCUT2D eigenvalue weighted by Crippen LogP contribution is -2.24. The number of alkyl halides is 1. The van der Waals surface area contributed by atoms with Crippen LogP contribution in [0.2, 0.25) is 0 Å². The molecular formula is C6H11FN4S. The Balaban J connectivity index is 2.91. The number of thioether (sulfide) groups is 1. The normalized spacial score (nSPS) is 12.0. The molecule has 0 radical (unpaired) electrons. The van der Waals surface area contributed by atoms with Crippen LogP contribution < -0.4 is 0 Å². The van der Waals surface area contributed by atoms with Gasteiger partial charge in [0.1, 0.15) is 6.01 Å². The van der Waals surface area contributed by atoms with E-state index in [1.165, 1.54) is 0 Å². The molecule has 0 fully saturated rings. The van der Waals surface area contributed by atoms with Crippen molar-refractivity contribution in [2.45, 2.75) is 31.5 Å². The number of hydrogen-bond acceptors (Lipinski definition) is 4. The molecule has 0 unspecified atom stereocenters. The molecule has 0 aliphatic rings. The van der Waals surface area contributed by atoms with E-state index >= 15 is 0 Å². The van der Waals surface area contributed by atoms with Crippen LogP contribution in [0.1, 0.15) is 20.8 Å². The first-order valence-electron chi connectivity index (χ1n) is 3.53. The van der Waals surface area contributed by atoms with Crippen LogP contribution in [0.3, 0.4) is 0 Å². The minimum atomic E-state index is -0.504. The van der Waals surface area contributed by atoms with Crippen molar-refractivity contribution in [2.75, 3.05) is 6.01 Å². The summed E-state index contributed by atoms with van der Waals surface area (Å²) in [6.07, 6.45) is 0. The van der Waals surface area contributed by atoms with Gasteiger partial charge in [-0.1, -0.05) is 11.8 Å². The van der Waals surface area contributed by atoms with E-state index in [1.807, 2.05) is 20.8 Å². The van der Waals surface area contributed by atoms with Gasteiger partial charge in [0, 0.05) is 0 Å². The molecule has 0 amide bonds. The van der Waals surface area contributed by atoms with E-state index in [0.29, 0.717) is 5.16 Å². The van der Waals surface area contributed by atoms with Crippen LogP contribution in [0.5, 0.6) is 0 Å². The fourth-order valence-corrected chi connectivity index (χ4v) is 1.36. The summed E-state index contributed by atoms with van der Waals surface area (Å²) in [4.78, 5) is 0. The Morgan fingerprint density at radius 1 is 1.50 bits per heavy atom. The molecule has 0 aliphatic heterocycles. The SMILES string of the molecule is CC(C)(C)n1nnnc1SCF. The van der Waals surface area contributed by atoms with Crippen molar-refractivity contribution < 1.29 is 4.39 Å². The summed E-state index contributed by atoms with van der Waals surface area (Å²) in [6, 6.07) is -0.504. The second-order valence-electron chi connectivity index (χ2n) is 3.30. The summed E-state index contributed by atoms with van der Waals surface area (Å²) in [5.74, 6) is 0. The zero-order chi connectivity index (χ0) is 9.19. The molecule has 0 atom stereocenters. The molecule has 0 aliphatic carbocycles. The molecule has 6 heteroatoms. The quantitative estimate of drug-likeness (QED) is 0.662. The minimum Gasteiger partial charge on any atom is -0.239 e. The van der Waals surface area contributed by atoms with Gasteiger partial charge in [-0.25, -0.2) is 9.07 Å². The van der Waals surface area contributed by atoms with Gasteiger partial charge >= 0.3 is 0 Å². The molecular weight excluding hydrogens is 179 g/mol. The Bertz CT molecular complexity index is 254. The largest absolute Gasteiger partial charge is 0.239 e. The Hall–Kier alpha value is -0.650. The van der Waals surface area contributed by atoms with E-state index in [0.717, 1.165) is 11.8 Å². The molecule has 0 saturated heterocycles. The van der Waals surface area contributed by atoms with Crippen molar-refractivity contribution in [1.82, 2.24) is 20.2 Å². The molecule has 0 aromatic carbocycles. The average molecular weight is 190 g/mol. The molecule has 0 spiro atoms. The Kier molecular flexibility index (Phi) is 2.66. The highest BCUT2D eigenvalue weighted by Gasteiger charge is 2.19. The van der Waals surface area contributed by atoms with Crippen molar-refractivity contribution in [3.63, 3.8) is 0 Å². The van der Waals surface area contributed by atoms with Gasteiger partial charge in [0.2, 0.25) is 5.16 Å². The van der Waals surface area contributed by atoms with Crippen LogP contribution in [0.25, 0.3) is 0 Å². The Morgan fingerprint density at radius 3 is 2.67 bits per heavy atom. The van der Waals surface area contributed by atoms with Crippen LogP contribution >= 0.6 is 11.8 Å². The van der Waals surface area contributed by atoms with E-state index in [2.05, 4.69) is 15.5 Å². The van der Waals surface area contributed by atoms with E-state index in [9.17, 15) is 4.39 Å². The predicted octanol–water partition coefficient (Wildman–Crippen LogP) is 1.45. The van der Waals surface area contributed by atoms with Crippen LogP contribution in [0.4, 0.5) is 4.39 Å². The molecule has 1 heterocycles. The summed E-state index contributed by atoms with van der Waals surface area (Å²) in [7, 11) is 0. The van der Waals surface area contributed by atoms with Crippen molar-refractivity contribution in [2.24, 2.45) is 0 Å². The molecule has 68 valence electrons. The van der Waals surface area contributed by atoms with Crippen LogP contribution in [-0.4, -0.2) is 26.2 Å². The molecule has 1 aromatic heterocycles. The number of aromatic nitrogens is 4. The number of rotatable bonds is 2. The van der Waals surface area contributed by atoms with Crippen LogP contribution in [0, 0.1) is 0 Å². The smallest absolute Gasteiger partial charge is 0.212 e. The number of nitrogens with zero attached hydrogens (tertiary/aromatic N) is 4. The van der Waals surface area contributed by atoms with Crippen LogP contribution in [-0.2, 0) is 5.54 Å². The lowest BCUT2D eigenvalue weighted by atomic mass is 10.1. The summed E-state index contributed by atoms with van der Waals surface area (Å²) >= 11 is 0.996. The van der Waals surface area contributed by atoms with Gasteiger partial charge in [0.15, 0.2) is 0 Å². The minimum absolute atomic E-state index is 0.193. The number of halogens is 1. The van der Waals surface area contributed by atoms with Crippen molar-refractivity contribution in [1.29, 1.82) is 0 Å². The maximum absolute atomic E-state index is 12.0. The molecule has 0 saturated carbocycles. The number of hydrogen-bond donors (Lipinski definition) is 0. The summed E-state index contributed by atoms with van der Waals surface area (Å²) in [5.41, 5.74) is -0.193. The Morgan fingerprint density at radius 2 is 2.17 bits per heavy atom. The van der Waals surface area contributed by atoms with Crippen molar-refractivity contribution in [3.8, 4) is 0 Å². The molecule has 0 bridgehead atoms. The lowest BCUT2D eigenvalue weighted by molar-refractivity contribution is 0.320. The topological polar surface area (TPSA) is 43.6 Å². The van der Waals surface area contributed by atoms with Gasteiger partial charge in [0.05, 0.1) is 5.54 Å². The second kappa shape index (κ2) is 3.38. The van der Waals surface area contributed by atoms with Crippen LogP contribution in [0.15, 0.2) is 5.16 Å². The summed E-state index contributed by atoms with van der Waals surface area (Å²) in [5, 5.41) is 11.5. The maximum Gasteiger partial charge on any atom is 0.212 e. The van der Waals surface area contributed by atoms with Gasteiger partial charge in [-0.15, -0.1) is 5.10 Å². The van der Waals surface area contributed by atoms with E-state index in [1.54, 1.807) is 4.68 Å². The van der Waals surface area contributed by atoms with Crippen molar-refractivity contribution in [3.05, 3.63) is 0 Å². The number of tetrazole rings is 1. The molecule has 1 aromatic rings. The van der Waals surface area contributed by atoms with Gasteiger partial charge in [-0.3, -0.25) is 0 Å². The first kappa shape index (κ1) is 9.44. The first-order chi connectivity index (χ1) is 5.55. The molecule has 12 heavy (non-hydrogen) atoms. The lowest BCUT2D eigenvalue weighted by Gasteiger charge is -2.18. The Labute approximate surface area is 74.5 Å². The van der Waals surface area contributed by atoms with E-state index < -0.39 is 6.01 Å². The third-order valence-electron chi connectivity index (χ3n) is 1.26. The zero-order valence-corrected chi connectivity index (χ0v) is 8.10. The average Bonchev–Trinajstić information content (AvgIpc) is 2.34. The van der Waals surface area contributed by atoms with Gasteiger partial charge in [-0.2, -0.15) is 0 Å². The second-order valence-corrected chi connectivity index (χ2v) is 4.17. The third kappa shape index (κ3) is 1.94. The molecule has 1 rings (SSSR count). The highest BCUT2D eigenvalue weighted by Crippen LogP contribution is 2.20. The molecule has 4 nitrogen and oxygen atoms in total. The first-order valence-corrected chi connectivity index (χ1v) is 4.52. The standard InChI is InChI=1S/C6H11FN4S/c1-6(2,3)11-5(12-4-7)8-9-10-11/h4H2,1-3H3. The van der Waals surface area contributed by atoms with E-state index in [-0.39, 0.29) is 5.54 Å². The fraction of sp³-hybridized carbons (Fsp3) is 0.833. The summed E-state index contributed by atoms with van der Waals surface area (Å²) < 4.78 is 13.6. The zero-order valence-electron chi connectivity index (χ0n) is 7.28. The third-order valence-corrected chi connectivity index (χ3v) is 1.88. The van der Waals surface area contributed by atoms with Gasteiger partial charge < -0.3 is 0 Å². The molecule has 0 N–H and O–H groups in total. The maximum atomic E-state index is 12.0. The fourth-order valence-electron chi connectivity index (χ4n) is 0.739. The highest BCUT2D eigenvalue weighted by molar-refractivity contribution is 7.99. The van der Waals surface area contributed by atoms with Crippen molar-refractivity contribution >= 4 is 11.8 Å². The highest BCUT2D eigenvalue weighted by atomic mass is 32.2. The van der Waals surface area contributed by atoms with Gasteiger partial charge in [-0.05, 0) is 31.2 Å². The predicted molar refractivity (Wildman–Crippen MR) is 44.6 cm³/mol.